The first-order valence-corrected chi connectivity index (χ1v) is 10.4. The van der Waals surface area contributed by atoms with Gasteiger partial charge in [-0.3, -0.25) is 4.98 Å². The largest absolute Gasteiger partial charge is 0.465 e. The molecule has 0 aliphatic carbocycles. The summed E-state index contributed by atoms with van der Waals surface area (Å²) in [5, 5.41) is 14.4. The fourth-order valence-corrected chi connectivity index (χ4v) is 3.70. The Kier molecular flexibility index (Phi) is 6.50. The summed E-state index contributed by atoms with van der Waals surface area (Å²) in [6, 6.07) is 18.2. The fourth-order valence-electron chi connectivity index (χ4n) is 3.70. The van der Waals surface area contributed by atoms with E-state index in [-0.39, 0.29) is 5.97 Å². The van der Waals surface area contributed by atoms with E-state index in [2.05, 4.69) is 61.7 Å². The summed E-state index contributed by atoms with van der Waals surface area (Å²) >= 11 is 0. The molecule has 0 fully saturated rings. The van der Waals surface area contributed by atoms with Gasteiger partial charge >= 0.3 is 5.97 Å². The first-order chi connectivity index (χ1) is 15.7. The number of hydrogen-bond donors (Lipinski definition) is 1. The molecule has 0 saturated heterocycles. The summed E-state index contributed by atoms with van der Waals surface area (Å²) in [5.74, 6) is 0.175. The maximum absolute atomic E-state index is 12.2. The van der Waals surface area contributed by atoms with Crippen LogP contribution in [0.25, 0.3) is 22.5 Å². The molecule has 4 aromatic rings. The molecule has 0 atom stereocenters. The number of tetrazole rings is 1. The Labute approximate surface area is 186 Å². The molecule has 0 spiro atoms. The number of ether oxygens (including phenoxy) is 1. The Balaban J connectivity index is 1.61. The molecule has 32 heavy (non-hydrogen) atoms. The Bertz CT molecular complexity index is 1180. The van der Waals surface area contributed by atoms with Crippen molar-refractivity contribution in [2.24, 2.45) is 0 Å². The molecule has 0 aliphatic heterocycles. The van der Waals surface area contributed by atoms with Crippen molar-refractivity contribution < 1.29 is 9.53 Å². The van der Waals surface area contributed by atoms with Crippen LogP contribution in [0.4, 0.5) is 5.69 Å². The van der Waals surface area contributed by atoms with E-state index in [9.17, 15) is 4.79 Å². The molecule has 162 valence electrons. The number of carbonyl (C=O) groups is 1. The lowest BCUT2D eigenvalue weighted by atomic mass is 9.98. The van der Waals surface area contributed by atoms with E-state index in [0.717, 1.165) is 40.9 Å². The lowest BCUT2D eigenvalue weighted by Gasteiger charge is -2.26. The molecule has 0 unspecified atom stereocenters. The summed E-state index contributed by atoms with van der Waals surface area (Å²) in [6.45, 7) is 3.58. The van der Waals surface area contributed by atoms with Crippen LogP contribution in [0.2, 0.25) is 0 Å². The van der Waals surface area contributed by atoms with E-state index in [1.165, 1.54) is 7.11 Å². The number of aromatic nitrogens is 5. The highest BCUT2D eigenvalue weighted by atomic mass is 16.5. The van der Waals surface area contributed by atoms with Gasteiger partial charge in [-0.2, -0.15) is 5.21 Å². The van der Waals surface area contributed by atoms with Gasteiger partial charge in [0.1, 0.15) is 5.56 Å². The molecule has 0 amide bonds. The molecule has 0 aliphatic rings. The molecular weight excluding hydrogens is 404 g/mol. The molecule has 0 bridgehead atoms. The number of aromatic amines is 1. The zero-order chi connectivity index (χ0) is 22.3. The van der Waals surface area contributed by atoms with E-state index in [0.29, 0.717) is 17.9 Å². The maximum Gasteiger partial charge on any atom is 0.341 e. The number of benzene rings is 2. The number of nitrogens with one attached hydrogen (secondary N) is 1. The fraction of sp³-hybridized carbons (Fsp3) is 0.208. The smallest absolute Gasteiger partial charge is 0.341 e. The number of anilines is 1. The van der Waals surface area contributed by atoms with Crippen LogP contribution in [-0.2, 0) is 11.3 Å². The zero-order valence-corrected chi connectivity index (χ0v) is 18.0. The van der Waals surface area contributed by atoms with E-state index >= 15 is 0 Å². The molecule has 8 heteroatoms. The average molecular weight is 428 g/mol. The van der Waals surface area contributed by atoms with Crippen molar-refractivity contribution in [2.75, 3.05) is 18.6 Å². The Morgan fingerprint density at radius 1 is 1.06 bits per heavy atom. The van der Waals surface area contributed by atoms with Gasteiger partial charge in [-0.05, 0) is 34.4 Å². The monoisotopic (exact) mass is 428 g/mol. The Morgan fingerprint density at radius 2 is 1.84 bits per heavy atom. The Hall–Kier alpha value is -4.07. The first-order valence-electron chi connectivity index (χ1n) is 10.4. The van der Waals surface area contributed by atoms with Gasteiger partial charge in [0.25, 0.3) is 0 Å². The topological polar surface area (TPSA) is 96.9 Å². The second-order valence-corrected chi connectivity index (χ2v) is 7.28. The Morgan fingerprint density at radius 3 is 2.53 bits per heavy atom. The van der Waals surface area contributed by atoms with E-state index in [4.69, 9.17) is 4.74 Å². The van der Waals surface area contributed by atoms with Gasteiger partial charge in [-0.1, -0.05) is 55.5 Å². The SMILES string of the molecule is CCCN(Cc1ccc(-c2ccccc2-c2nn[nH]n2)cc1)c1ccncc1C(=O)OC. The highest BCUT2D eigenvalue weighted by molar-refractivity contribution is 5.95. The molecule has 4 rings (SSSR count). The predicted molar refractivity (Wildman–Crippen MR) is 122 cm³/mol. The van der Waals surface area contributed by atoms with Crippen molar-refractivity contribution in [1.29, 1.82) is 0 Å². The number of hydrogen-bond acceptors (Lipinski definition) is 7. The van der Waals surface area contributed by atoms with Gasteiger partial charge in [-0.25, -0.2) is 4.79 Å². The van der Waals surface area contributed by atoms with Gasteiger partial charge in [0.2, 0.25) is 5.82 Å². The third-order valence-electron chi connectivity index (χ3n) is 5.19. The molecule has 2 heterocycles. The average Bonchev–Trinajstić information content (AvgIpc) is 3.39. The minimum absolute atomic E-state index is 0.386. The van der Waals surface area contributed by atoms with Crippen LogP contribution in [0.15, 0.2) is 67.0 Å². The highest BCUT2D eigenvalue weighted by Crippen LogP contribution is 2.30. The number of methoxy groups -OCH3 is 1. The summed E-state index contributed by atoms with van der Waals surface area (Å²) in [6.07, 6.45) is 4.20. The molecule has 8 nitrogen and oxygen atoms in total. The van der Waals surface area contributed by atoms with Crippen LogP contribution in [0.5, 0.6) is 0 Å². The third-order valence-corrected chi connectivity index (χ3v) is 5.19. The van der Waals surface area contributed by atoms with Crippen molar-refractivity contribution in [2.45, 2.75) is 19.9 Å². The van der Waals surface area contributed by atoms with Crippen molar-refractivity contribution in [3.05, 3.63) is 78.1 Å². The number of H-pyrrole nitrogens is 1. The van der Waals surface area contributed by atoms with Crippen molar-refractivity contribution in [3.63, 3.8) is 0 Å². The summed E-state index contributed by atoms with van der Waals surface area (Å²) in [5.41, 5.74) is 5.44. The van der Waals surface area contributed by atoms with Crippen LogP contribution >= 0.6 is 0 Å². The lowest BCUT2D eigenvalue weighted by molar-refractivity contribution is 0.0601. The van der Waals surface area contributed by atoms with Gasteiger partial charge in [-0.15, -0.1) is 10.2 Å². The van der Waals surface area contributed by atoms with Crippen LogP contribution < -0.4 is 4.90 Å². The summed E-state index contributed by atoms with van der Waals surface area (Å²) in [7, 11) is 1.38. The lowest BCUT2D eigenvalue weighted by Crippen LogP contribution is -2.25. The van der Waals surface area contributed by atoms with Crippen molar-refractivity contribution >= 4 is 11.7 Å². The minimum Gasteiger partial charge on any atom is -0.465 e. The summed E-state index contributed by atoms with van der Waals surface area (Å²) in [4.78, 5) is 18.5. The third kappa shape index (κ3) is 4.49. The summed E-state index contributed by atoms with van der Waals surface area (Å²) < 4.78 is 4.94. The van der Waals surface area contributed by atoms with Crippen LogP contribution in [-0.4, -0.2) is 45.2 Å². The first kappa shape index (κ1) is 21.2. The van der Waals surface area contributed by atoms with Crippen LogP contribution in [0.3, 0.4) is 0 Å². The second kappa shape index (κ2) is 9.82. The number of pyridine rings is 1. The normalized spacial score (nSPS) is 10.7. The van der Waals surface area contributed by atoms with Crippen LogP contribution in [0, 0.1) is 0 Å². The number of rotatable bonds is 8. The van der Waals surface area contributed by atoms with E-state index in [1.54, 1.807) is 12.4 Å². The predicted octanol–water partition coefficient (Wildman–Crippen LogP) is 4.13. The van der Waals surface area contributed by atoms with Crippen molar-refractivity contribution in [1.82, 2.24) is 25.6 Å². The zero-order valence-electron chi connectivity index (χ0n) is 18.0. The number of esters is 1. The molecule has 2 aromatic heterocycles. The molecule has 0 radical (unpaired) electrons. The van der Waals surface area contributed by atoms with Gasteiger partial charge in [0.15, 0.2) is 0 Å². The van der Waals surface area contributed by atoms with E-state index < -0.39 is 0 Å². The second-order valence-electron chi connectivity index (χ2n) is 7.28. The van der Waals surface area contributed by atoms with Gasteiger partial charge < -0.3 is 9.64 Å². The molecular formula is C24H24N6O2. The standard InChI is InChI=1S/C24H24N6O2/c1-3-14-30(22-12-13-25-15-21(22)24(31)32-2)16-17-8-10-18(11-9-17)19-6-4-5-7-20(19)23-26-28-29-27-23/h4-13,15H,3,14,16H2,1-2H3,(H,26,27,28,29). The van der Waals surface area contributed by atoms with E-state index in [1.807, 2.05) is 30.3 Å². The van der Waals surface area contributed by atoms with Gasteiger partial charge in [0.05, 0.1) is 12.8 Å². The van der Waals surface area contributed by atoms with Crippen LogP contribution in [0.1, 0.15) is 29.3 Å². The quantitative estimate of drug-likeness (QED) is 0.421. The number of nitrogens with zero attached hydrogens (tertiary/aromatic N) is 5. The number of carbonyl (C=O) groups excluding carboxylic acids is 1. The van der Waals surface area contributed by atoms with Crippen molar-refractivity contribution in [3.8, 4) is 22.5 Å². The maximum atomic E-state index is 12.2. The highest BCUT2D eigenvalue weighted by Gasteiger charge is 2.17. The molecule has 2 aromatic carbocycles. The molecule has 0 saturated carbocycles. The minimum atomic E-state index is -0.386. The van der Waals surface area contributed by atoms with Gasteiger partial charge in [0, 0.05) is 31.0 Å². The molecule has 1 N–H and O–H groups in total.